The van der Waals surface area contributed by atoms with E-state index in [1.54, 1.807) is 0 Å². The van der Waals surface area contributed by atoms with Gasteiger partial charge in [-0.15, -0.1) is 0 Å². The molecule has 0 atom stereocenters. The molecule has 0 saturated carbocycles. The van der Waals surface area contributed by atoms with Crippen LogP contribution in [0.25, 0.3) is 0 Å². The molecule has 0 bridgehead atoms. The average molecular weight is 227 g/mol. The maximum atomic E-state index is 11.4. The van der Waals surface area contributed by atoms with Gasteiger partial charge in [0.15, 0.2) is 12.8 Å². The molecular formula is C14H29NO. The van der Waals surface area contributed by atoms with Crippen LogP contribution in [0.1, 0.15) is 78.1 Å². The highest BCUT2D eigenvalue weighted by molar-refractivity contribution is 5.50. The Morgan fingerprint density at radius 1 is 0.812 bits per heavy atom. The van der Waals surface area contributed by atoms with Crippen LogP contribution in [-0.2, 0) is 0 Å². The third-order valence-corrected chi connectivity index (χ3v) is 2.87. The molecule has 0 spiro atoms. The summed E-state index contributed by atoms with van der Waals surface area (Å²) < 4.78 is 1.13. The lowest BCUT2D eigenvalue weighted by Gasteiger charge is -2.04. The Morgan fingerprint density at radius 2 is 1.38 bits per heavy atom. The van der Waals surface area contributed by atoms with Gasteiger partial charge in [0.25, 0.3) is 0 Å². The molecule has 0 fully saturated rings. The lowest BCUT2D eigenvalue weighted by atomic mass is 10.1. The second-order valence-electron chi connectivity index (χ2n) is 4.59. The minimum atomic E-state index is 0.693. The van der Waals surface area contributed by atoms with Crippen LogP contribution in [0.5, 0.6) is 0 Å². The monoisotopic (exact) mass is 227 g/mol. The Hall–Kier alpha value is -0.530. The van der Waals surface area contributed by atoms with Crippen LogP contribution >= 0.6 is 0 Å². The van der Waals surface area contributed by atoms with Crippen LogP contribution in [0, 0.1) is 5.21 Å². The van der Waals surface area contributed by atoms with Crippen LogP contribution in [0.2, 0.25) is 0 Å². The van der Waals surface area contributed by atoms with Gasteiger partial charge in [-0.1, -0.05) is 52.4 Å². The first-order valence-corrected chi connectivity index (χ1v) is 7.08. The predicted molar refractivity (Wildman–Crippen MR) is 72.1 cm³/mol. The van der Waals surface area contributed by atoms with Crippen LogP contribution in [0.3, 0.4) is 0 Å². The Labute approximate surface area is 101 Å². The minimum absolute atomic E-state index is 0.693. The van der Waals surface area contributed by atoms with Crippen molar-refractivity contribution in [1.29, 1.82) is 0 Å². The number of hydrogen-bond acceptors (Lipinski definition) is 1. The van der Waals surface area contributed by atoms with E-state index in [9.17, 15) is 5.21 Å². The number of rotatable bonds is 11. The van der Waals surface area contributed by atoms with Crippen molar-refractivity contribution in [2.75, 3.05) is 6.54 Å². The summed E-state index contributed by atoms with van der Waals surface area (Å²) in [4.78, 5) is 0. The molecule has 0 N–H and O–H groups in total. The van der Waals surface area contributed by atoms with Crippen LogP contribution in [-0.4, -0.2) is 17.5 Å². The summed E-state index contributed by atoms with van der Waals surface area (Å²) >= 11 is 0. The van der Waals surface area contributed by atoms with Crippen molar-refractivity contribution in [3.8, 4) is 0 Å². The molecule has 0 aromatic carbocycles. The summed E-state index contributed by atoms with van der Waals surface area (Å²) in [5.41, 5.74) is 0. The number of nitrogens with zero attached hydrogens (tertiary/aromatic N) is 1. The van der Waals surface area contributed by atoms with E-state index in [1.165, 1.54) is 44.9 Å². The van der Waals surface area contributed by atoms with Gasteiger partial charge in [0.05, 0.1) is 0 Å². The summed E-state index contributed by atoms with van der Waals surface area (Å²) in [5.74, 6) is 0. The van der Waals surface area contributed by atoms with Crippen LogP contribution in [0.15, 0.2) is 0 Å². The van der Waals surface area contributed by atoms with Gasteiger partial charge in [-0.25, -0.2) is 4.74 Å². The third-order valence-electron chi connectivity index (χ3n) is 2.87. The highest BCUT2D eigenvalue weighted by atomic mass is 16.5. The van der Waals surface area contributed by atoms with Crippen molar-refractivity contribution in [2.45, 2.75) is 78.1 Å². The Balaban J connectivity index is 3.25. The Morgan fingerprint density at radius 3 is 2.06 bits per heavy atom. The standard InChI is InChI=1S/C14H29NO/c1-3-5-7-9-10-12-14-15(16)13-11-8-6-4-2/h13H,3-12,14H2,1-2H3. The maximum absolute atomic E-state index is 11.4. The molecule has 0 rings (SSSR count). The molecule has 0 aliphatic carbocycles. The van der Waals surface area contributed by atoms with Crippen molar-refractivity contribution in [2.24, 2.45) is 0 Å². The van der Waals surface area contributed by atoms with E-state index in [0.717, 1.165) is 24.0 Å². The van der Waals surface area contributed by atoms with Crippen LogP contribution < -0.4 is 0 Å². The first kappa shape index (κ1) is 15.5. The van der Waals surface area contributed by atoms with Gasteiger partial charge in [0, 0.05) is 12.8 Å². The van der Waals surface area contributed by atoms with Gasteiger partial charge in [0.1, 0.15) is 0 Å². The van der Waals surface area contributed by atoms with Crippen molar-refractivity contribution in [3.63, 3.8) is 0 Å². The van der Waals surface area contributed by atoms with Crippen LogP contribution in [0.4, 0.5) is 0 Å². The molecule has 0 heterocycles. The quantitative estimate of drug-likeness (QED) is 0.168. The molecule has 96 valence electrons. The molecule has 16 heavy (non-hydrogen) atoms. The smallest absolute Gasteiger partial charge is 0.153 e. The Kier molecular flexibility index (Phi) is 12.1. The lowest BCUT2D eigenvalue weighted by Crippen LogP contribution is -2.06. The zero-order valence-electron chi connectivity index (χ0n) is 11.2. The van der Waals surface area contributed by atoms with E-state index < -0.39 is 0 Å². The second-order valence-corrected chi connectivity index (χ2v) is 4.59. The number of hydrogen-bond donors (Lipinski definition) is 0. The summed E-state index contributed by atoms with van der Waals surface area (Å²) in [6.45, 7) is 5.11. The number of hydroxylamine groups is 1. The van der Waals surface area contributed by atoms with Gasteiger partial charge in [0.2, 0.25) is 0 Å². The molecule has 0 amide bonds. The highest BCUT2D eigenvalue weighted by Gasteiger charge is 1.95. The highest BCUT2D eigenvalue weighted by Crippen LogP contribution is 2.04. The van der Waals surface area contributed by atoms with E-state index in [4.69, 9.17) is 0 Å². The van der Waals surface area contributed by atoms with Crippen molar-refractivity contribution in [3.05, 3.63) is 5.21 Å². The van der Waals surface area contributed by atoms with E-state index in [-0.39, 0.29) is 0 Å². The van der Waals surface area contributed by atoms with Crippen molar-refractivity contribution < 1.29 is 4.74 Å². The third kappa shape index (κ3) is 11.5. The fraction of sp³-hybridized carbons (Fsp3) is 0.929. The summed E-state index contributed by atoms with van der Waals surface area (Å²) in [6.07, 6.45) is 13.9. The molecule has 0 aromatic heterocycles. The average Bonchev–Trinajstić information content (AvgIpc) is 2.29. The maximum Gasteiger partial charge on any atom is 0.153 e. The molecule has 2 heteroatoms. The fourth-order valence-electron chi connectivity index (χ4n) is 1.77. The number of unbranched alkanes of at least 4 members (excludes halogenated alkanes) is 8. The molecular weight excluding hydrogens is 198 g/mol. The summed E-state index contributed by atoms with van der Waals surface area (Å²) in [7, 11) is 0. The molecule has 0 unspecified atom stereocenters. The SMILES string of the molecule is CCCCCC=[N+]([O-])CCCCCCCC. The van der Waals surface area contributed by atoms with Gasteiger partial charge < -0.3 is 5.21 Å². The molecule has 0 radical (unpaired) electrons. The van der Waals surface area contributed by atoms with E-state index in [1.807, 2.05) is 6.21 Å². The van der Waals surface area contributed by atoms with E-state index >= 15 is 0 Å². The lowest BCUT2D eigenvalue weighted by molar-refractivity contribution is -0.454. The molecule has 2 nitrogen and oxygen atoms in total. The second kappa shape index (κ2) is 12.5. The summed E-state index contributed by atoms with van der Waals surface area (Å²) in [6, 6.07) is 0. The van der Waals surface area contributed by atoms with E-state index in [0.29, 0.717) is 6.54 Å². The van der Waals surface area contributed by atoms with Crippen molar-refractivity contribution in [1.82, 2.24) is 0 Å². The van der Waals surface area contributed by atoms with Gasteiger partial charge in [-0.3, -0.25) is 0 Å². The summed E-state index contributed by atoms with van der Waals surface area (Å²) in [5, 5.41) is 11.4. The predicted octanol–water partition coefficient (Wildman–Crippen LogP) is 4.51. The van der Waals surface area contributed by atoms with Crippen molar-refractivity contribution >= 4 is 6.21 Å². The van der Waals surface area contributed by atoms with E-state index in [2.05, 4.69) is 13.8 Å². The fourth-order valence-corrected chi connectivity index (χ4v) is 1.77. The normalized spacial score (nSPS) is 12.0. The largest absolute Gasteiger partial charge is 0.624 e. The first-order valence-electron chi connectivity index (χ1n) is 7.08. The van der Waals surface area contributed by atoms with Gasteiger partial charge in [-0.2, -0.15) is 0 Å². The minimum Gasteiger partial charge on any atom is -0.624 e. The molecule has 0 aliphatic heterocycles. The molecule has 0 aliphatic rings. The van der Waals surface area contributed by atoms with Gasteiger partial charge >= 0.3 is 0 Å². The first-order chi connectivity index (χ1) is 7.81. The zero-order valence-corrected chi connectivity index (χ0v) is 11.2. The topological polar surface area (TPSA) is 26.1 Å². The van der Waals surface area contributed by atoms with Gasteiger partial charge in [-0.05, 0) is 12.8 Å². The molecule has 0 saturated heterocycles. The Bertz CT molecular complexity index is 166. The molecule has 0 aromatic rings. The zero-order chi connectivity index (χ0) is 12.1.